The highest BCUT2D eigenvalue weighted by Crippen LogP contribution is 2.37. The van der Waals surface area contributed by atoms with Crippen molar-refractivity contribution in [3.8, 4) is 0 Å². The summed E-state index contributed by atoms with van der Waals surface area (Å²) in [5.41, 5.74) is 17.8. The minimum Gasteiger partial charge on any atom is -0.412 e. The smallest absolute Gasteiger partial charge is 0.281 e. The van der Waals surface area contributed by atoms with Crippen LogP contribution in [0.25, 0.3) is 66.2 Å². The Morgan fingerprint density at radius 3 is 0.507 bits per heavy atom. The summed E-state index contributed by atoms with van der Waals surface area (Å²) in [4.78, 5) is 91.4. The lowest BCUT2D eigenvalue weighted by molar-refractivity contribution is -0.158. The van der Waals surface area contributed by atoms with Crippen molar-refractivity contribution in [2.75, 3.05) is 11.5 Å². The van der Waals surface area contributed by atoms with Gasteiger partial charge in [0, 0.05) is 0 Å². The molecule has 20 N–H and O–H groups in total. The molecule has 1 fully saturated rings. The number of nitrogen functional groups attached to an aromatic ring is 2. The van der Waals surface area contributed by atoms with Crippen molar-refractivity contribution in [3.05, 3.63) is 88.7 Å². The average Bonchev–Trinajstić information content (AvgIpc) is 3.18. The van der Waals surface area contributed by atoms with Crippen LogP contribution in [-0.4, -0.2) is 108 Å². The standard InChI is InChI=1S/C24H6Cl6N6.C6H6Cl2N2.C6O6.3CH4.8H2O/c25-7-1-13-14(2-8(7)26)32-20-19(31-13)21-23(35-16-4-10(28)9(27)3-15(16)33-21)24-22(20)34-17-5-11(29)12(30)6-18(17)36-24;7-3-1-5(9)6(10)2-4(3)8;7-1-2(8)4(10)6(12)5(11)3(1)9;;;;;;;;;;;/h1-6H;1-2H,9-10H2;;3*1H4;8*1H2. The second-order valence-electron chi connectivity index (χ2n) is 11.9. The molecule has 69 heavy (non-hydrogen) atoms. The summed E-state index contributed by atoms with van der Waals surface area (Å²) in [6.45, 7) is 0. The Morgan fingerprint density at radius 1 is 0.261 bits per heavy atom. The van der Waals surface area contributed by atoms with E-state index in [9.17, 15) is 28.8 Å². The fourth-order valence-corrected chi connectivity index (χ4v) is 6.63. The van der Waals surface area contributed by atoms with E-state index >= 15 is 0 Å². The highest BCUT2D eigenvalue weighted by atomic mass is 35.5. The summed E-state index contributed by atoms with van der Waals surface area (Å²) in [6, 6.07) is 13.0. The topological polar surface area (TPSA) is 484 Å². The van der Waals surface area contributed by atoms with Crippen LogP contribution in [-0.2, 0) is 28.8 Å². The molecule has 1 aliphatic carbocycles. The van der Waals surface area contributed by atoms with Crippen molar-refractivity contribution in [1.29, 1.82) is 0 Å². The number of carbonyl (C=O) groups is 6. The third-order valence-electron chi connectivity index (χ3n) is 8.16. The Labute approximate surface area is 427 Å². The van der Waals surface area contributed by atoms with Crippen LogP contribution in [0.2, 0.25) is 40.2 Å². The van der Waals surface area contributed by atoms with E-state index in [0.717, 1.165) is 0 Å². The summed E-state index contributed by atoms with van der Waals surface area (Å²) in [5, 5.41) is 3.01. The van der Waals surface area contributed by atoms with Crippen LogP contribution in [0.1, 0.15) is 22.3 Å². The van der Waals surface area contributed by atoms with E-state index in [2.05, 4.69) is 0 Å². The minimum absolute atomic E-state index is 0. The Bertz CT molecular complexity index is 2710. The maximum absolute atomic E-state index is 10.4. The number of hydrogen-bond donors (Lipinski definition) is 2. The molecule has 1 aliphatic rings. The summed E-state index contributed by atoms with van der Waals surface area (Å²) < 4.78 is 0. The van der Waals surface area contributed by atoms with Gasteiger partial charge in [0.25, 0.3) is 34.7 Å². The van der Waals surface area contributed by atoms with Crippen molar-refractivity contribution in [2.45, 2.75) is 22.3 Å². The largest absolute Gasteiger partial charge is 0.412 e. The first-order valence-corrected chi connectivity index (χ1v) is 18.6. The number of nitrogens with zero attached hydrogens (tertiary/aromatic N) is 6. The Hall–Kier alpha value is -5.48. The minimum atomic E-state index is -1.73. The molecule has 0 aliphatic heterocycles. The molecule has 3 heterocycles. The van der Waals surface area contributed by atoms with E-state index in [0.29, 0.717) is 118 Å². The lowest BCUT2D eigenvalue weighted by Crippen LogP contribution is -2.49. The van der Waals surface area contributed by atoms with E-state index in [-0.39, 0.29) is 66.1 Å². The highest BCUT2D eigenvalue weighted by molar-refractivity contribution is 7.08. The molecule has 0 spiro atoms. The second-order valence-corrected chi connectivity index (χ2v) is 15.2. The van der Waals surface area contributed by atoms with Gasteiger partial charge < -0.3 is 55.3 Å². The second kappa shape index (κ2) is 27.6. The molecule has 30 heteroatoms. The Balaban J connectivity index is -0.000000353. The molecule has 1 saturated carbocycles. The van der Waals surface area contributed by atoms with Crippen molar-refractivity contribution in [1.82, 2.24) is 29.9 Å². The summed E-state index contributed by atoms with van der Waals surface area (Å²) in [7, 11) is 0. The molecule has 0 amide bonds. The monoisotopic (exact) mass is 1120 g/mol. The van der Waals surface area contributed by atoms with Gasteiger partial charge in [0.15, 0.2) is 0 Å². The average molecular weight is 1130 g/mol. The molecule has 5 aromatic carbocycles. The van der Waals surface area contributed by atoms with Crippen LogP contribution in [0.3, 0.4) is 0 Å². The summed E-state index contributed by atoms with van der Waals surface area (Å²) in [6.07, 6.45) is 0. The van der Waals surface area contributed by atoms with Crippen LogP contribution in [0.15, 0.2) is 48.5 Å². The van der Waals surface area contributed by atoms with Crippen molar-refractivity contribution < 1.29 is 72.6 Å². The van der Waals surface area contributed by atoms with Crippen LogP contribution in [0.4, 0.5) is 11.4 Å². The van der Waals surface area contributed by atoms with Crippen LogP contribution >= 0.6 is 92.8 Å². The highest BCUT2D eigenvalue weighted by Gasteiger charge is 2.47. The van der Waals surface area contributed by atoms with Crippen molar-refractivity contribution in [3.63, 3.8) is 0 Å². The predicted octanol–water partition coefficient (Wildman–Crippen LogP) is 3.78. The van der Waals surface area contributed by atoms with Gasteiger partial charge in [-0.3, -0.25) is 28.8 Å². The Morgan fingerprint density at radius 2 is 0.377 bits per heavy atom. The predicted molar refractivity (Wildman–Crippen MR) is 273 cm³/mol. The number of anilines is 2. The maximum Gasteiger partial charge on any atom is 0.281 e. The van der Waals surface area contributed by atoms with Gasteiger partial charge in [0.1, 0.15) is 33.1 Å². The van der Waals surface area contributed by atoms with E-state index in [1.807, 2.05) is 0 Å². The van der Waals surface area contributed by atoms with Crippen LogP contribution in [0.5, 0.6) is 0 Å². The zero-order chi connectivity index (χ0) is 42.1. The number of nitrogens with two attached hydrogens (primary N) is 2. The van der Waals surface area contributed by atoms with E-state index in [1.165, 1.54) is 12.1 Å². The van der Waals surface area contributed by atoms with Gasteiger partial charge >= 0.3 is 0 Å². The van der Waals surface area contributed by atoms with Gasteiger partial charge in [-0.05, 0) is 48.5 Å². The number of Topliss-reactive ketones (excluding diaryl/α,β-unsaturated/α-hetero) is 6. The normalized spacial score (nSPS) is 11.1. The summed E-state index contributed by atoms with van der Waals surface area (Å²) >= 11 is 48.8. The third-order valence-corrected chi connectivity index (χ3v) is 11.0. The molecule has 9 rings (SSSR count). The number of carbonyl (C=O) groups excluding carboxylic acids is 6. The number of halogens is 8. The zero-order valence-corrected chi connectivity index (χ0v) is 38.0. The molecular formula is C39H40Cl8N8O14. The van der Waals surface area contributed by atoms with Gasteiger partial charge in [0.2, 0.25) is 0 Å². The van der Waals surface area contributed by atoms with Gasteiger partial charge in [0.05, 0.1) is 84.7 Å². The Kier molecular flexibility index (Phi) is 29.0. The molecular weight excluding hydrogens is 1090 g/mol. The number of rotatable bonds is 0. The molecule has 8 aromatic rings. The molecule has 0 saturated heterocycles. The first kappa shape index (κ1) is 72.5. The lowest BCUT2D eigenvalue weighted by atomic mass is 9.93. The molecule has 0 atom stereocenters. The maximum atomic E-state index is 10.4. The first-order chi connectivity index (χ1) is 27.3. The van der Waals surface area contributed by atoms with E-state index in [4.69, 9.17) is 134 Å². The fourth-order valence-electron chi connectivity index (χ4n) is 5.34. The van der Waals surface area contributed by atoms with E-state index < -0.39 is 34.7 Å². The fraction of sp³-hybridized carbons (Fsp3) is 0.0769. The number of fused-ring (bicyclic) bond motifs is 9. The van der Waals surface area contributed by atoms with Crippen LogP contribution in [0, 0.1) is 0 Å². The summed E-state index contributed by atoms with van der Waals surface area (Å²) in [5.74, 6) is -10.4. The lowest BCUT2D eigenvalue weighted by Gasteiger charge is -2.11. The third kappa shape index (κ3) is 13.4. The van der Waals surface area contributed by atoms with Crippen molar-refractivity contribution in [2.24, 2.45) is 0 Å². The first-order valence-electron chi connectivity index (χ1n) is 15.6. The molecule has 3 aromatic heterocycles. The van der Waals surface area contributed by atoms with Gasteiger partial charge in [-0.1, -0.05) is 115 Å². The quantitative estimate of drug-likeness (QED) is 0.0945. The van der Waals surface area contributed by atoms with Gasteiger partial charge in [-0.25, -0.2) is 29.9 Å². The van der Waals surface area contributed by atoms with E-state index in [1.54, 1.807) is 36.4 Å². The SMILES string of the molecule is C.C.C.Clc1cc2nc3c4nc5cc(Cl)c(Cl)cc5nc4c4nc5cc(Cl)c(Cl)cc5nc4c3nc2cc1Cl.Nc1cc(Cl)c(Cl)cc1N.O.O.O.O.O.O.O.O.O=C1C(=O)C(=O)C(=O)C(=O)C1=O. The molecule has 376 valence electrons. The molecule has 22 nitrogen and oxygen atoms in total. The molecule has 0 bridgehead atoms. The number of hydrogen-bond acceptors (Lipinski definition) is 14. The number of ketones is 6. The molecule has 0 radical (unpaired) electrons. The number of aromatic nitrogens is 6. The van der Waals surface area contributed by atoms with Gasteiger partial charge in [-0.2, -0.15) is 0 Å². The van der Waals surface area contributed by atoms with Gasteiger partial charge in [-0.15, -0.1) is 0 Å². The number of benzene rings is 5. The molecule has 0 unspecified atom stereocenters. The zero-order valence-electron chi connectivity index (χ0n) is 31.9. The van der Waals surface area contributed by atoms with Crippen molar-refractivity contribution >= 4 is 205 Å². The van der Waals surface area contributed by atoms with Crippen LogP contribution < -0.4 is 11.5 Å².